The van der Waals surface area contributed by atoms with E-state index >= 15 is 0 Å². The second-order valence-corrected chi connectivity index (χ2v) is 16.9. The lowest BCUT2D eigenvalue weighted by atomic mass is 9.93. The average molecular weight is 911 g/mol. The van der Waals surface area contributed by atoms with Crippen LogP contribution >= 0.6 is 23.5 Å². The van der Waals surface area contributed by atoms with Crippen LogP contribution in [-0.2, 0) is 45.2 Å². The monoisotopic (exact) mass is 910 g/mol. The first kappa shape index (κ1) is 44.5. The molecule has 0 aliphatic carbocycles. The molecule has 1 aromatic heterocycles. The number of hydrogen-bond acceptors (Lipinski definition) is 14. The van der Waals surface area contributed by atoms with E-state index in [1.54, 1.807) is 7.05 Å². The van der Waals surface area contributed by atoms with E-state index in [0.717, 1.165) is 0 Å². The molecule has 3 atom stereocenters. The molecule has 8 rings (SSSR count). The van der Waals surface area contributed by atoms with Crippen LogP contribution in [0.2, 0.25) is 0 Å². The third-order valence-electron chi connectivity index (χ3n) is 10.7. The summed E-state index contributed by atoms with van der Waals surface area (Å²) in [5.74, 6) is -4.95. The second kappa shape index (κ2) is 19.8. The van der Waals surface area contributed by atoms with Gasteiger partial charge in [-0.15, -0.1) is 16.9 Å². The van der Waals surface area contributed by atoms with Gasteiger partial charge in [-0.1, -0.05) is 145 Å². The summed E-state index contributed by atoms with van der Waals surface area (Å²) in [7, 11) is 2.96. The average Bonchev–Trinajstić information content (AvgIpc) is 3.75. The van der Waals surface area contributed by atoms with Crippen LogP contribution in [0.3, 0.4) is 0 Å². The van der Waals surface area contributed by atoms with E-state index in [1.165, 1.54) is 71.4 Å². The Morgan fingerprint density at radius 2 is 1.29 bits per heavy atom. The second-order valence-electron chi connectivity index (χ2n) is 14.9. The van der Waals surface area contributed by atoms with Crippen LogP contribution in [0, 0.1) is 0 Å². The summed E-state index contributed by atoms with van der Waals surface area (Å²) in [5, 5.41) is 14.0. The molecule has 3 heterocycles. The highest BCUT2D eigenvalue weighted by molar-refractivity contribution is 8.01. The fraction of sp³-hybridized carbons (Fsp3) is 0.208. The van der Waals surface area contributed by atoms with Crippen LogP contribution in [0.15, 0.2) is 162 Å². The summed E-state index contributed by atoms with van der Waals surface area (Å²) in [6.07, 6.45) is -1.74. The number of nitrogens with one attached hydrogen (secondary N) is 1. The molecule has 1 fully saturated rings. The standard InChI is InChI=1S/C48H42N6O9S2/c1-30(55)61-37-26-24-31(25-27-37)38(43(57)62-40(32-16-8-4-9-17-32)33-18-10-5-11-19-33)42(56)49-48(60-3)45(59)54-39(36(28-64-46(48)54)29-65-47-50-51-52-53(47)2)44(58)63-41(34-20-12-6-13-21-34)35-22-14-7-15-23-35/h4-27,38,40-41,46H,28-29H2,1-3H3,(H,49,56)/t38?,46-,48-/m0/s1. The smallest absolute Gasteiger partial charge is 0.356 e. The third kappa shape index (κ3) is 9.43. The Hall–Kier alpha value is -7.08. The van der Waals surface area contributed by atoms with Crippen LogP contribution in [0.5, 0.6) is 5.75 Å². The van der Waals surface area contributed by atoms with Gasteiger partial charge < -0.3 is 24.3 Å². The van der Waals surface area contributed by atoms with E-state index in [1.807, 2.05) is 121 Å². The van der Waals surface area contributed by atoms with Crippen molar-refractivity contribution < 1.29 is 42.9 Å². The number of thioether (sulfide) groups is 2. The number of hydrogen-bond donors (Lipinski definition) is 1. The molecule has 2 aliphatic heterocycles. The zero-order valence-corrected chi connectivity index (χ0v) is 36.9. The molecular formula is C48H42N6O9S2. The van der Waals surface area contributed by atoms with Gasteiger partial charge in [0.05, 0.1) is 0 Å². The van der Waals surface area contributed by atoms with Crippen LogP contribution < -0.4 is 10.1 Å². The lowest BCUT2D eigenvalue weighted by molar-refractivity contribution is -0.194. The van der Waals surface area contributed by atoms with Gasteiger partial charge >= 0.3 is 17.9 Å². The quantitative estimate of drug-likeness (QED) is 0.0285. The number of carbonyl (C=O) groups is 5. The number of carbonyl (C=O) groups excluding carboxylic acids is 5. The first-order valence-corrected chi connectivity index (χ1v) is 22.4. The van der Waals surface area contributed by atoms with E-state index in [0.29, 0.717) is 33.0 Å². The maximum Gasteiger partial charge on any atom is 0.356 e. The Morgan fingerprint density at radius 3 is 1.77 bits per heavy atom. The number of aryl methyl sites for hydroxylation is 1. The number of nitrogens with zero attached hydrogens (tertiary/aromatic N) is 5. The fourth-order valence-electron chi connectivity index (χ4n) is 7.60. The molecule has 0 bridgehead atoms. The van der Waals surface area contributed by atoms with Gasteiger partial charge in [0.1, 0.15) is 16.8 Å². The summed E-state index contributed by atoms with van der Waals surface area (Å²) < 4.78 is 25.2. The largest absolute Gasteiger partial charge is 0.452 e. The highest BCUT2D eigenvalue weighted by Crippen LogP contribution is 2.48. The van der Waals surface area contributed by atoms with Crippen molar-refractivity contribution in [2.45, 2.75) is 41.3 Å². The van der Waals surface area contributed by atoms with Crippen molar-refractivity contribution in [1.82, 2.24) is 30.4 Å². The van der Waals surface area contributed by atoms with Crippen molar-refractivity contribution >= 4 is 53.2 Å². The van der Waals surface area contributed by atoms with Crippen molar-refractivity contribution in [3.05, 3.63) is 185 Å². The number of fused-ring (bicyclic) bond motifs is 1. The Bertz CT molecular complexity index is 2630. The van der Waals surface area contributed by atoms with Crippen molar-refractivity contribution in [3.63, 3.8) is 0 Å². The molecule has 2 aliphatic rings. The number of rotatable bonds is 16. The van der Waals surface area contributed by atoms with Gasteiger partial charge in [0.2, 0.25) is 11.1 Å². The lowest BCUT2D eigenvalue weighted by Gasteiger charge is -2.56. The molecule has 1 N–H and O–H groups in total. The number of β-lactam (4-membered cyclic amide) rings is 1. The summed E-state index contributed by atoms with van der Waals surface area (Å²) in [5.41, 5.74) is 1.45. The summed E-state index contributed by atoms with van der Waals surface area (Å²) in [4.78, 5) is 71.9. The Balaban J connectivity index is 1.13. The van der Waals surface area contributed by atoms with E-state index in [4.69, 9.17) is 18.9 Å². The van der Waals surface area contributed by atoms with E-state index in [9.17, 15) is 24.0 Å². The van der Waals surface area contributed by atoms with Gasteiger partial charge in [-0.3, -0.25) is 24.1 Å². The molecule has 1 saturated heterocycles. The molecular weight excluding hydrogens is 869 g/mol. The number of esters is 3. The highest BCUT2D eigenvalue weighted by Gasteiger charge is 2.67. The molecule has 0 spiro atoms. The Kier molecular flexibility index (Phi) is 13.5. The maximum atomic E-state index is 14.8. The molecule has 2 amide bonds. The summed E-state index contributed by atoms with van der Waals surface area (Å²) in [6, 6.07) is 42.5. The number of ether oxygens (including phenoxy) is 4. The van der Waals surface area contributed by atoms with Crippen molar-refractivity contribution in [1.29, 1.82) is 0 Å². The van der Waals surface area contributed by atoms with E-state index in [2.05, 4.69) is 20.8 Å². The number of tetrazole rings is 1. The lowest BCUT2D eigenvalue weighted by Crippen LogP contribution is -2.81. The van der Waals surface area contributed by atoms with Crippen molar-refractivity contribution in [3.8, 4) is 5.75 Å². The van der Waals surface area contributed by atoms with Gasteiger partial charge in [-0.2, -0.15) is 0 Å². The summed E-state index contributed by atoms with van der Waals surface area (Å²) >= 11 is 2.54. The molecule has 65 heavy (non-hydrogen) atoms. The molecule has 17 heteroatoms. The molecule has 15 nitrogen and oxygen atoms in total. The van der Waals surface area contributed by atoms with E-state index < -0.39 is 58.9 Å². The maximum absolute atomic E-state index is 14.8. The molecule has 0 radical (unpaired) electrons. The number of methoxy groups -OCH3 is 1. The van der Waals surface area contributed by atoms with Gasteiger partial charge in [-0.25, -0.2) is 9.48 Å². The van der Waals surface area contributed by atoms with E-state index in [-0.39, 0.29) is 28.5 Å². The van der Waals surface area contributed by atoms with Crippen LogP contribution in [0.4, 0.5) is 0 Å². The van der Waals surface area contributed by atoms with Crippen molar-refractivity contribution in [2.75, 3.05) is 18.6 Å². The molecule has 0 saturated carbocycles. The fourth-order valence-corrected chi connectivity index (χ4v) is 10.0. The third-order valence-corrected chi connectivity index (χ3v) is 13.2. The zero-order chi connectivity index (χ0) is 45.5. The SMILES string of the molecule is CO[C@@]1(NC(=O)C(C(=O)OC(c2ccccc2)c2ccccc2)c2ccc(OC(C)=O)cc2)C(=O)N2C(C(=O)OC(c3ccccc3)c3ccccc3)=C(CSc3nnnn3C)CS[C@H]21. The number of amides is 2. The Morgan fingerprint density at radius 1 is 0.769 bits per heavy atom. The first-order valence-electron chi connectivity index (χ1n) is 20.4. The molecule has 5 aromatic carbocycles. The minimum absolute atomic E-state index is 0.00857. The van der Waals surface area contributed by atoms with Gasteiger partial charge in [0, 0.05) is 32.6 Å². The normalized spacial score (nSPS) is 17.2. The molecule has 1 unspecified atom stereocenters. The summed E-state index contributed by atoms with van der Waals surface area (Å²) in [6.45, 7) is 1.25. The minimum atomic E-state index is -2.04. The topological polar surface area (TPSA) is 181 Å². The molecule has 330 valence electrons. The minimum Gasteiger partial charge on any atom is -0.452 e. The van der Waals surface area contributed by atoms with Crippen LogP contribution in [0.1, 0.15) is 52.9 Å². The predicted octanol–water partition coefficient (Wildman–Crippen LogP) is 6.31. The Labute approximate surface area is 382 Å². The predicted molar refractivity (Wildman–Crippen MR) is 240 cm³/mol. The first-order chi connectivity index (χ1) is 31.6. The van der Waals surface area contributed by atoms with Gasteiger partial charge in [-0.05, 0) is 55.9 Å². The van der Waals surface area contributed by atoms with Crippen LogP contribution in [0.25, 0.3) is 0 Å². The van der Waals surface area contributed by atoms with Gasteiger partial charge in [0.25, 0.3) is 11.6 Å². The highest BCUT2D eigenvalue weighted by atomic mass is 32.2. The number of benzene rings is 5. The zero-order valence-electron chi connectivity index (χ0n) is 35.3. The number of aromatic nitrogens is 4. The van der Waals surface area contributed by atoms with Gasteiger partial charge in [0.15, 0.2) is 18.1 Å². The van der Waals surface area contributed by atoms with Crippen LogP contribution in [-0.4, -0.2) is 84.5 Å². The van der Waals surface area contributed by atoms with Crippen molar-refractivity contribution in [2.24, 2.45) is 7.05 Å². The molecule has 6 aromatic rings.